The molecule has 4 nitrogen and oxygen atoms in total. The normalized spacial score (nSPS) is 9.20. The van der Waals surface area contributed by atoms with Gasteiger partial charge in [0, 0.05) is 12.2 Å². The average molecular weight is 163 g/mol. The van der Waals surface area contributed by atoms with Crippen molar-refractivity contribution in [2.24, 2.45) is 5.73 Å². The van der Waals surface area contributed by atoms with Gasteiger partial charge in [0.1, 0.15) is 0 Å². The summed E-state index contributed by atoms with van der Waals surface area (Å²) < 4.78 is 0. The molecule has 58 valence electrons. The Bertz CT molecular complexity index is 121. The Kier molecular flexibility index (Phi) is 4.74. The van der Waals surface area contributed by atoms with E-state index in [2.05, 4.69) is 0 Å². The molecule has 0 rings (SSSR count). The van der Waals surface area contributed by atoms with E-state index in [1.54, 1.807) is 0 Å². The van der Waals surface area contributed by atoms with Gasteiger partial charge in [-0.05, 0) is 0 Å². The van der Waals surface area contributed by atoms with Crippen LogP contribution < -0.4 is 5.73 Å². The zero-order valence-electron chi connectivity index (χ0n) is 5.37. The van der Waals surface area contributed by atoms with Gasteiger partial charge in [-0.1, -0.05) is 0 Å². The topological polar surface area (TPSA) is 80.4 Å². The summed E-state index contributed by atoms with van der Waals surface area (Å²) in [6.45, 7) is 0. The van der Waals surface area contributed by atoms with Crippen LogP contribution in [0, 0.1) is 0 Å². The van der Waals surface area contributed by atoms with Gasteiger partial charge >= 0.3 is 5.97 Å². The third kappa shape index (κ3) is 7.29. The Labute approximate surface area is 62.8 Å². The third-order valence-corrected chi connectivity index (χ3v) is 1.66. The fourth-order valence-electron chi connectivity index (χ4n) is 0.332. The second kappa shape index (κ2) is 5.10. The zero-order valence-corrected chi connectivity index (χ0v) is 6.19. The lowest BCUT2D eigenvalue weighted by Crippen LogP contribution is -2.11. The van der Waals surface area contributed by atoms with Gasteiger partial charge in [0.2, 0.25) is 5.91 Å². The second-order valence-corrected chi connectivity index (χ2v) is 2.77. The summed E-state index contributed by atoms with van der Waals surface area (Å²) in [5, 5.41) is 8.14. The highest BCUT2D eigenvalue weighted by atomic mass is 32.2. The van der Waals surface area contributed by atoms with Crippen LogP contribution in [0.1, 0.15) is 6.42 Å². The van der Waals surface area contributed by atoms with Gasteiger partial charge < -0.3 is 10.8 Å². The van der Waals surface area contributed by atoms with Crippen LogP contribution >= 0.6 is 11.8 Å². The molecule has 0 radical (unpaired) electrons. The van der Waals surface area contributed by atoms with Gasteiger partial charge in [0.25, 0.3) is 0 Å². The number of hydrogen-bond acceptors (Lipinski definition) is 3. The number of hydrogen-bond donors (Lipinski definition) is 2. The van der Waals surface area contributed by atoms with Gasteiger partial charge in [-0.15, -0.1) is 11.8 Å². The Morgan fingerprint density at radius 1 is 1.50 bits per heavy atom. The predicted octanol–water partition coefficient (Wildman–Crippen LogP) is -0.320. The first-order valence-electron chi connectivity index (χ1n) is 2.70. The van der Waals surface area contributed by atoms with Crippen molar-refractivity contribution in [2.45, 2.75) is 6.42 Å². The zero-order chi connectivity index (χ0) is 7.98. The molecule has 0 aromatic rings. The van der Waals surface area contributed by atoms with Crippen molar-refractivity contribution >= 4 is 23.6 Å². The van der Waals surface area contributed by atoms with Gasteiger partial charge in [-0.25, -0.2) is 0 Å². The molecular weight excluding hydrogens is 154 g/mol. The highest BCUT2D eigenvalue weighted by molar-refractivity contribution is 7.99. The van der Waals surface area contributed by atoms with Crippen LogP contribution in [0.5, 0.6) is 0 Å². The van der Waals surface area contributed by atoms with Crippen molar-refractivity contribution in [1.29, 1.82) is 0 Å². The molecule has 0 saturated heterocycles. The van der Waals surface area contributed by atoms with Crippen molar-refractivity contribution in [3.63, 3.8) is 0 Å². The highest BCUT2D eigenvalue weighted by Gasteiger charge is 1.97. The van der Waals surface area contributed by atoms with Crippen molar-refractivity contribution in [2.75, 3.05) is 11.5 Å². The summed E-state index contributed by atoms with van der Waals surface area (Å²) >= 11 is 1.19. The number of carboxylic acid groups (broad SMARTS) is 1. The predicted molar refractivity (Wildman–Crippen MR) is 38.8 cm³/mol. The molecule has 0 saturated carbocycles. The lowest BCUT2D eigenvalue weighted by molar-refractivity contribution is -0.134. The molecule has 10 heavy (non-hydrogen) atoms. The number of carbonyl (C=O) groups excluding carboxylic acids is 1. The molecule has 5 heteroatoms. The minimum absolute atomic E-state index is 0.0350. The molecule has 0 aromatic heterocycles. The van der Waals surface area contributed by atoms with E-state index in [0.717, 1.165) is 0 Å². The first kappa shape index (κ1) is 9.29. The third-order valence-electron chi connectivity index (χ3n) is 0.718. The largest absolute Gasteiger partial charge is 0.481 e. The van der Waals surface area contributed by atoms with Crippen molar-refractivity contribution in [1.82, 2.24) is 0 Å². The summed E-state index contributed by atoms with van der Waals surface area (Å²) in [4.78, 5) is 20.0. The van der Waals surface area contributed by atoms with E-state index in [0.29, 0.717) is 5.75 Å². The second-order valence-electron chi connectivity index (χ2n) is 1.66. The van der Waals surface area contributed by atoms with E-state index in [1.165, 1.54) is 11.8 Å². The van der Waals surface area contributed by atoms with E-state index < -0.39 is 11.9 Å². The summed E-state index contributed by atoms with van der Waals surface area (Å²) in [6.07, 6.45) is 0.248. The van der Waals surface area contributed by atoms with Crippen LogP contribution in [0.2, 0.25) is 0 Å². The molecule has 0 atom stereocenters. The van der Waals surface area contributed by atoms with E-state index in [9.17, 15) is 9.59 Å². The molecule has 0 aromatic carbocycles. The molecule has 1 amide bonds. The number of thioether (sulfide) groups is 1. The van der Waals surface area contributed by atoms with Crippen LogP contribution in [-0.2, 0) is 9.59 Å². The SMILES string of the molecule is NC(=O)CCSCC(=O)O. The number of nitrogens with two attached hydrogens (primary N) is 1. The van der Waals surface area contributed by atoms with Crippen LogP contribution in [0.25, 0.3) is 0 Å². The lowest BCUT2D eigenvalue weighted by Gasteiger charge is -1.93. The van der Waals surface area contributed by atoms with Crippen LogP contribution in [0.3, 0.4) is 0 Å². The molecule has 0 spiro atoms. The number of carboxylic acids is 1. The maximum atomic E-state index is 10.1. The van der Waals surface area contributed by atoms with Gasteiger partial charge in [-0.2, -0.15) is 0 Å². The standard InChI is InChI=1S/C5H9NO3S/c6-4(7)1-2-10-3-5(8)9/h1-3H2,(H2,6,7)(H,8,9). The van der Waals surface area contributed by atoms with E-state index in [4.69, 9.17) is 10.8 Å². The minimum atomic E-state index is -0.866. The van der Waals surface area contributed by atoms with Crippen LogP contribution in [0.4, 0.5) is 0 Å². The Balaban J connectivity index is 3.06. The van der Waals surface area contributed by atoms with Gasteiger partial charge in [-0.3, -0.25) is 9.59 Å². The van der Waals surface area contributed by atoms with Gasteiger partial charge in [0.05, 0.1) is 5.75 Å². The number of carbonyl (C=O) groups is 2. The molecule has 0 aliphatic carbocycles. The highest BCUT2D eigenvalue weighted by Crippen LogP contribution is 2.00. The average Bonchev–Trinajstić information content (AvgIpc) is 1.79. The van der Waals surface area contributed by atoms with Crippen LogP contribution in [0.15, 0.2) is 0 Å². The minimum Gasteiger partial charge on any atom is -0.481 e. The Morgan fingerprint density at radius 2 is 2.10 bits per heavy atom. The molecule has 0 unspecified atom stereocenters. The smallest absolute Gasteiger partial charge is 0.313 e. The fourth-order valence-corrected chi connectivity index (χ4v) is 0.997. The quantitative estimate of drug-likeness (QED) is 0.544. The van der Waals surface area contributed by atoms with Crippen molar-refractivity contribution < 1.29 is 14.7 Å². The Morgan fingerprint density at radius 3 is 2.50 bits per heavy atom. The van der Waals surface area contributed by atoms with E-state index in [1.807, 2.05) is 0 Å². The fraction of sp³-hybridized carbons (Fsp3) is 0.600. The van der Waals surface area contributed by atoms with E-state index in [-0.39, 0.29) is 12.2 Å². The first-order valence-corrected chi connectivity index (χ1v) is 3.86. The molecule has 0 aliphatic heterocycles. The first-order chi connectivity index (χ1) is 4.63. The van der Waals surface area contributed by atoms with E-state index >= 15 is 0 Å². The monoisotopic (exact) mass is 163 g/mol. The maximum absolute atomic E-state index is 10.1. The summed E-state index contributed by atoms with van der Waals surface area (Å²) in [6, 6.07) is 0. The number of amides is 1. The maximum Gasteiger partial charge on any atom is 0.313 e. The number of aliphatic carboxylic acids is 1. The van der Waals surface area contributed by atoms with Crippen LogP contribution in [-0.4, -0.2) is 28.5 Å². The molecule has 3 N–H and O–H groups in total. The van der Waals surface area contributed by atoms with Crippen molar-refractivity contribution in [3.05, 3.63) is 0 Å². The molecule has 0 aliphatic rings. The molecule has 0 fully saturated rings. The molecule has 0 bridgehead atoms. The van der Waals surface area contributed by atoms with Gasteiger partial charge in [0.15, 0.2) is 0 Å². The lowest BCUT2D eigenvalue weighted by atomic mass is 10.5. The summed E-state index contributed by atoms with van der Waals surface area (Å²) in [5.41, 5.74) is 4.81. The Hall–Kier alpha value is -0.710. The summed E-state index contributed by atoms with van der Waals surface area (Å²) in [7, 11) is 0. The number of rotatable bonds is 5. The summed E-state index contributed by atoms with van der Waals surface area (Å²) in [5.74, 6) is -0.734. The number of primary amides is 1. The molecule has 0 heterocycles. The molecular formula is C5H9NO3S. The van der Waals surface area contributed by atoms with Crippen molar-refractivity contribution in [3.8, 4) is 0 Å².